The molecule has 252 valence electrons. The summed E-state index contributed by atoms with van der Waals surface area (Å²) in [5.41, 5.74) is 13.6. The van der Waals surface area contributed by atoms with Crippen molar-refractivity contribution >= 4 is 60.1 Å². The van der Waals surface area contributed by atoms with E-state index in [0.717, 1.165) is 84.1 Å². The molecule has 2 aliphatic rings. The van der Waals surface area contributed by atoms with Crippen LogP contribution in [-0.2, 0) is 5.41 Å². The van der Waals surface area contributed by atoms with Crippen LogP contribution in [0.3, 0.4) is 0 Å². The Balaban J connectivity index is 1.15. The number of rotatable bonds is 3. The Labute approximate surface area is 307 Å². The first-order valence-electron chi connectivity index (χ1n) is 18.5. The van der Waals surface area contributed by atoms with Crippen molar-refractivity contribution in [3.8, 4) is 33.8 Å². The summed E-state index contributed by atoms with van der Waals surface area (Å²) in [6.45, 7) is 6.92. The van der Waals surface area contributed by atoms with Crippen LogP contribution in [0.25, 0.3) is 93.9 Å². The first kappa shape index (κ1) is 30.3. The molecule has 0 fully saturated rings. The minimum Gasteiger partial charge on any atom is -0.456 e. The number of nitrogens with zero attached hydrogens (tertiary/aromatic N) is 3. The molecule has 0 bridgehead atoms. The van der Waals surface area contributed by atoms with Gasteiger partial charge in [0.15, 0.2) is 5.82 Å². The van der Waals surface area contributed by atoms with Gasteiger partial charge in [-0.1, -0.05) is 130 Å². The zero-order chi connectivity index (χ0) is 35.4. The van der Waals surface area contributed by atoms with Gasteiger partial charge in [0.25, 0.3) is 0 Å². The van der Waals surface area contributed by atoms with Crippen LogP contribution in [0.2, 0.25) is 0 Å². The van der Waals surface area contributed by atoms with Crippen molar-refractivity contribution in [2.24, 2.45) is 5.92 Å². The predicted molar refractivity (Wildman–Crippen MR) is 219 cm³/mol. The fraction of sp³-hybridized carbons (Fsp3) is 0.122. The van der Waals surface area contributed by atoms with E-state index in [-0.39, 0.29) is 5.41 Å². The van der Waals surface area contributed by atoms with E-state index in [2.05, 4.69) is 154 Å². The van der Waals surface area contributed by atoms with E-state index in [1.165, 1.54) is 33.0 Å². The van der Waals surface area contributed by atoms with Gasteiger partial charge in [-0.05, 0) is 75.9 Å². The van der Waals surface area contributed by atoms with Gasteiger partial charge in [-0.2, -0.15) is 0 Å². The molecule has 11 rings (SSSR count). The standard InChI is InChI=1S/C49H35N3O/c1-28-19-21-29(22-20-28)46-37-27-30(47-33-13-5-4-11-31(33)32-12-6-8-17-39(32)50-47)23-25-40(37)51-48(52-46)36-16-10-15-35-43-38(49(2,3)45(35)36)24-26-42-44(43)34-14-7-9-18-41(34)53-42/h4-19,21-28H,20H2,1-3H3. The summed E-state index contributed by atoms with van der Waals surface area (Å²) in [6.07, 6.45) is 7.85. The normalized spacial score (nSPS) is 16.1. The zero-order valence-corrected chi connectivity index (χ0v) is 29.8. The SMILES string of the molecule is CC1C=CC(c2nc(-c3cccc4c3C(C)(C)c3ccc5oc6ccccc6c5c3-4)nc3ccc(-c4nc5ccccc5c5ccccc45)cc23)=CC1. The van der Waals surface area contributed by atoms with Gasteiger partial charge in [0.2, 0.25) is 0 Å². The third kappa shape index (κ3) is 4.39. The van der Waals surface area contributed by atoms with Crippen LogP contribution < -0.4 is 0 Å². The predicted octanol–water partition coefficient (Wildman–Crippen LogP) is 12.9. The van der Waals surface area contributed by atoms with Gasteiger partial charge < -0.3 is 4.42 Å². The van der Waals surface area contributed by atoms with E-state index >= 15 is 0 Å². The molecule has 1 unspecified atom stereocenters. The van der Waals surface area contributed by atoms with Gasteiger partial charge in [0.05, 0.1) is 22.4 Å². The Hall–Kier alpha value is -6.39. The molecule has 4 heteroatoms. The molecule has 0 saturated heterocycles. The van der Waals surface area contributed by atoms with Crippen LogP contribution in [0.5, 0.6) is 0 Å². The zero-order valence-electron chi connectivity index (χ0n) is 29.8. The molecule has 0 aliphatic heterocycles. The second-order valence-electron chi connectivity index (χ2n) is 15.2. The van der Waals surface area contributed by atoms with Crippen molar-refractivity contribution in [1.29, 1.82) is 0 Å². The van der Waals surface area contributed by atoms with Crippen molar-refractivity contribution in [3.05, 3.63) is 156 Å². The van der Waals surface area contributed by atoms with Crippen molar-refractivity contribution in [2.45, 2.75) is 32.6 Å². The lowest BCUT2D eigenvalue weighted by atomic mass is 9.80. The Morgan fingerprint density at radius 3 is 2.23 bits per heavy atom. The molecule has 6 aromatic carbocycles. The fourth-order valence-electron chi connectivity index (χ4n) is 9.02. The highest BCUT2D eigenvalue weighted by atomic mass is 16.3. The van der Waals surface area contributed by atoms with Crippen molar-refractivity contribution in [3.63, 3.8) is 0 Å². The fourth-order valence-corrected chi connectivity index (χ4v) is 9.02. The first-order chi connectivity index (χ1) is 25.9. The quantitative estimate of drug-likeness (QED) is 0.174. The minimum atomic E-state index is -0.279. The van der Waals surface area contributed by atoms with E-state index < -0.39 is 0 Å². The average Bonchev–Trinajstić information content (AvgIpc) is 3.69. The second kappa shape index (κ2) is 11.1. The molecule has 0 spiro atoms. The van der Waals surface area contributed by atoms with E-state index in [1.54, 1.807) is 0 Å². The lowest BCUT2D eigenvalue weighted by Gasteiger charge is -2.24. The molecule has 2 aliphatic carbocycles. The van der Waals surface area contributed by atoms with E-state index in [4.69, 9.17) is 19.4 Å². The third-order valence-electron chi connectivity index (χ3n) is 11.6. The van der Waals surface area contributed by atoms with Gasteiger partial charge in [-0.3, -0.25) is 0 Å². The van der Waals surface area contributed by atoms with E-state index in [9.17, 15) is 0 Å². The molecular weight excluding hydrogens is 647 g/mol. The number of hydrogen-bond acceptors (Lipinski definition) is 4. The lowest BCUT2D eigenvalue weighted by molar-refractivity contribution is 0.657. The average molecular weight is 682 g/mol. The van der Waals surface area contributed by atoms with Crippen LogP contribution >= 0.6 is 0 Å². The number of benzene rings is 6. The Bertz CT molecular complexity index is 3090. The molecule has 0 N–H and O–H groups in total. The summed E-state index contributed by atoms with van der Waals surface area (Å²) in [4.78, 5) is 16.1. The summed E-state index contributed by atoms with van der Waals surface area (Å²) in [5.74, 6) is 1.23. The lowest BCUT2D eigenvalue weighted by Crippen LogP contribution is -2.16. The van der Waals surface area contributed by atoms with E-state index in [1.807, 2.05) is 6.07 Å². The minimum absolute atomic E-state index is 0.279. The van der Waals surface area contributed by atoms with Gasteiger partial charge in [-0.15, -0.1) is 0 Å². The molecule has 4 nitrogen and oxygen atoms in total. The van der Waals surface area contributed by atoms with Crippen LogP contribution in [0.1, 0.15) is 44.0 Å². The number of allylic oxidation sites excluding steroid dienone is 4. The maximum absolute atomic E-state index is 6.36. The van der Waals surface area contributed by atoms with Crippen molar-refractivity contribution in [2.75, 3.05) is 0 Å². The van der Waals surface area contributed by atoms with E-state index in [0.29, 0.717) is 5.92 Å². The highest BCUT2D eigenvalue weighted by Gasteiger charge is 2.40. The number of para-hydroxylation sites is 2. The summed E-state index contributed by atoms with van der Waals surface area (Å²) in [7, 11) is 0. The Morgan fingerprint density at radius 1 is 0.623 bits per heavy atom. The van der Waals surface area contributed by atoms with Gasteiger partial charge in [-0.25, -0.2) is 15.0 Å². The molecule has 0 saturated carbocycles. The summed E-state index contributed by atoms with van der Waals surface area (Å²) >= 11 is 0. The largest absolute Gasteiger partial charge is 0.456 e. The molecule has 3 heterocycles. The van der Waals surface area contributed by atoms with Crippen LogP contribution in [0.15, 0.2) is 144 Å². The maximum atomic E-state index is 6.36. The highest BCUT2D eigenvalue weighted by molar-refractivity contribution is 6.16. The number of fused-ring (bicyclic) bond motifs is 11. The molecule has 53 heavy (non-hydrogen) atoms. The van der Waals surface area contributed by atoms with Crippen LogP contribution in [0, 0.1) is 5.92 Å². The number of furan rings is 1. The number of hydrogen-bond donors (Lipinski definition) is 0. The molecule has 9 aromatic rings. The Kier molecular flexibility index (Phi) is 6.31. The molecule has 1 atom stereocenters. The van der Waals surface area contributed by atoms with Gasteiger partial charge >= 0.3 is 0 Å². The highest BCUT2D eigenvalue weighted by Crippen LogP contribution is 2.55. The maximum Gasteiger partial charge on any atom is 0.160 e. The van der Waals surface area contributed by atoms with Crippen LogP contribution in [-0.4, -0.2) is 15.0 Å². The third-order valence-corrected chi connectivity index (χ3v) is 11.6. The summed E-state index contributed by atoms with van der Waals surface area (Å²) in [6, 6.07) is 42.9. The van der Waals surface area contributed by atoms with Crippen molar-refractivity contribution < 1.29 is 4.42 Å². The molecule has 0 radical (unpaired) electrons. The molecule has 0 amide bonds. The first-order valence-corrected chi connectivity index (χ1v) is 18.5. The Morgan fingerprint density at radius 2 is 1.38 bits per heavy atom. The number of aromatic nitrogens is 3. The topological polar surface area (TPSA) is 51.8 Å². The second-order valence-corrected chi connectivity index (χ2v) is 15.2. The van der Waals surface area contributed by atoms with Crippen molar-refractivity contribution in [1.82, 2.24) is 15.0 Å². The molecule has 3 aromatic heterocycles. The van der Waals surface area contributed by atoms with Gasteiger partial charge in [0, 0.05) is 43.5 Å². The molecular formula is C49H35N3O. The number of pyridine rings is 1. The van der Waals surface area contributed by atoms with Crippen LogP contribution in [0.4, 0.5) is 0 Å². The smallest absolute Gasteiger partial charge is 0.160 e. The van der Waals surface area contributed by atoms with Gasteiger partial charge in [0.1, 0.15) is 11.2 Å². The summed E-state index contributed by atoms with van der Waals surface area (Å²) < 4.78 is 6.36. The summed E-state index contributed by atoms with van der Waals surface area (Å²) in [5, 5.41) is 6.85. The monoisotopic (exact) mass is 681 g/mol.